The van der Waals surface area contributed by atoms with Gasteiger partial charge in [0.1, 0.15) is 6.73 Å². The Kier molecular flexibility index (Phi) is 6.97. The van der Waals surface area contributed by atoms with E-state index in [0.29, 0.717) is 17.2 Å². The summed E-state index contributed by atoms with van der Waals surface area (Å²) >= 11 is 5.59. The summed E-state index contributed by atoms with van der Waals surface area (Å²) in [6.45, 7) is -0.244. The number of ether oxygens (including phenoxy) is 2. The lowest BCUT2D eigenvalue weighted by Gasteiger charge is -2.26. The number of aromatic nitrogens is 1. The molecule has 2 aromatic rings. The summed E-state index contributed by atoms with van der Waals surface area (Å²) < 4.78 is 76.5. The van der Waals surface area contributed by atoms with Crippen LogP contribution in [0.2, 0.25) is 5.02 Å². The Morgan fingerprint density at radius 1 is 1.21 bits per heavy atom. The second kappa shape index (κ2) is 8.68. The Labute approximate surface area is 166 Å². The molecule has 0 spiro atoms. The minimum atomic E-state index is -4.80. The molecule has 152 valence electrons. The third kappa shape index (κ3) is 4.77. The van der Waals surface area contributed by atoms with Crippen LogP contribution in [0.15, 0.2) is 35.4 Å². The number of alkyl halides is 3. The molecule has 6 nitrogen and oxygen atoms in total. The van der Waals surface area contributed by atoms with E-state index in [2.05, 4.69) is 4.98 Å². The standard InChI is InChI=1S/C16H17BClF3N2O4S/c1-26-8-10-5-14(15(17)22-7-10)23(9-27-2)28(24,25)11-3-4-13(18)12(6-11)16(19,20)21/h3-7H,8-9,17H2,1-2H3. The average Bonchev–Trinajstić information content (AvgIpc) is 2.61. The van der Waals surface area contributed by atoms with Gasteiger partial charge in [-0.25, -0.2) is 12.7 Å². The molecule has 0 saturated heterocycles. The van der Waals surface area contributed by atoms with Crippen LogP contribution in [-0.2, 0) is 32.3 Å². The highest BCUT2D eigenvalue weighted by atomic mass is 35.5. The van der Waals surface area contributed by atoms with E-state index in [1.54, 1.807) is 7.85 Å². The average molecular weight is 437 g/mol. The van der Waals surface area contributed by atoms with E-state index >= 15 is 0 Å². The molecule has 0 saturated carbocycles. The highest BCUT2D eigenvalue weighted by Gasteiger charge is 2.36. The first-order valence-electron chi connectivity index (χ1n) is 7.85. The maximum atomic E-state index is 13.1. The molecule has 0 N–H and O–H groups in total. The van der Waals surface area contributed by atoms with Crippen LogP contribution >= 0.6 is 11.6 Å². The molecule has 2 rings (SSSR count). The number of sulfonamides is 1. The predicted molar refractivity (Wildman–Crippen MR) is 101 cm³/mol. The SMILES string of the molecule is Bc1ncc(COC)cc1N(COC)S(=O)(=O)c1ccc(Cl)c(C(F)(F)F)c1. The highest BCUT2D eigenvalue weighted by molar-refractivity contribution is 7.92. The van der Waals surface area contributed by atoms with Crippen LogP contribution in [-0.4, -0.2) is 42.2 Å². The van der Waals surface area contributed by atoms with Gasteiger partial charge in [-0.15, -0.1) is 0 Å². The molecule has 1 aromatic heterocycles. The maximum absolute atomic E-state index is 13.1. The van der Waals surface area contributed by atoms with Crippen LogP contribution < -0.4 is 9.90 Å². The summed E-state index contributed by atoms with van der Waals surface area (Å²) in [7, 11) is -0.0857. The van der Waals surface area contributed by atoms with E-state index in [0.717, 1.165) is 16.4 Å². The summed E-state index contributed by atoms with van der Waals surface area (Å²) in [5.74, 6) is 0. The minimum absolute atomic E-state index is 0.167. The number of hydrogen-bond donors (Lipinski definition) is 0. The number of halogens is 4. The minimum Gasteiger partial charge on any atom is -0.380 e. The molecule has 0 aliphatic rings. The Bertz CT molecular complexity index is 957. The smallest absolute Gasteiger partial charge is 0.380 e. The van der Waals surface area contributed by atoms with Crippen LogP contribution in [0, 0.1) is 0 Å². The zero-order valence-electron chi connectivity index (χ0n) is 15.2. The van der Waals surface area contributed by atoms with Crippen molar-refractivity contribution in [3.63, 3.8) is 0 Å². The van der Waals surface area contributed by atoms with Gasteiger partial charge in [0.15, 0.2) is 7.85 Å². The summed E-state index contributed by atoms with van der Waals surface area (Å²) in [4.78, 5) is 3.56. The molecule has 1 aromatic carbocycles. The number of anilines is 1. The third-order valence-corrected chi connectivity index (χ3v) is 5.84. The van der Waals surface area contributed by atoms with Crippen molar-refractivity contribution in [3.8, 4) is 0 Å². The number of rotatable bonds is 7. The van der Waals surface area contributed by atoms with Crippen LogP contribution in [0.4, 0.5) is 18.9 Å². The van der Waals surface area contributed by atoms with Crippen LogP contribution in [0.1, 0.15) is 11.1 Å². The molecule has 1 heterocycles. The largest absolute Gasteiger partial charge is 0.417 e. The zero-order chi connectivity index (χ0) is 21.1. The summed E-state index contributed by atoms with van der Waals surface area (Å²) in [5.41, 5.74) is -0.132. The second-order valence-corrected chi connectivity index (χ2v) is 8.06. The van der Waals surface area contributed by atoms with Gasteiger partial charge in [-0.3, -0.25) is 4.98 Å². The van der Waals surface area contributed by atoms with E-state index in [1.165, 1.54) is 26.5 Å². The third-order valence-electron chi connectivity index (χ3n) is 3.77. The van der Waals surface area contributed by atoms with Crippen molar-refractivity contribution in [2.75, 3.05) is 25.3 Å². The first kappa shape index (κ1) is 22.5. The highest BCUT2D eigenvalue weighted by Crippen LogP contribution is 2.36. The molecular weight excluding hydrogens is 420 g/mol. The van der Waals surface area contributed by atoms with Crippen molar-refractivity contribution in [1.82, 2.24) is 4.98 Å². The Balaban J connectivity index is 2.62. The van der Waals surface area contributed by atoms with Gasteiger partial charge in [0.05, 0.1) is 27.8 Å². The lowest BCUT2D eigenvalue weighted by atomic mass is 10.0. The van der Waals surface area contributed by atoms with E-state index in [4.69, 9.17) is 21.1 Å². The number of benzene rings is 1. The van der Waals surface area contributed by atoms with E-state index in [-0.39, 0.29) is 12.3 Å². The predicted octanol–water partition coefficient (Wildman–Crippen LogP) is 1.96. The quantitative estimate of drug-likeness (QED) is 0.490. The number of methoxy groups -OCH3 is 2. The molecule has 0 bridgehead atoms. The van der Waals surface area contributed by atoms with Crippen molar-refractivity contribution >= 4 is 40.8 Å². The lowest BCUT2D eigenvalue weighted by molar-refractivity contribution is -0.137. The van der Waals surface area contributed by atoms with Gasteiger partial charge in [0.2, 0.25) is 0 Å². The molecule has 28 heavy (non-hydrogen) atoms. The molecule has 0 amide bonds. The van der Waals surface area contributed by atoms with Crippen LogP contribution in [0.5, 0.6) is 0 Å². The second-order valence-electron chi connectivity index (χ2n) is 5.79. The lowest BCUT2D eigenvalue weighted by Crippen LogP contribution is -2.37. The molecular formula is C16H17BClF3N2O4S. The van der Waals surface area contributed by atoms with Gasteiger partial charge < -0.3 is 9.47 Å². The van der Waals surface area contributed by atoms with E-state index < -0.39 is 38.4 Å². The Morgan fingerprint density at radius 2 is 1.89 bits per heavy atom. The number of pyridine rings is 1. The van der Waals surface area contributed by atoms with Gasteiger partial charge in [-0.2, -0.15) is 13.2 Å². The Hall–Kier alpha value is -1.82. The van der Waals surface area contributed by atoms with E-state index in [1.807, 2.05) is 0 Å². The first-order valence-corrected chi connectivity index (χ1v) is 9.67. The van der Waals surface area contributed by atoms with Crippen molar-refractivity contribution in [2.45, 2.75) is 17.7 Å². The van der Waals surface area contributed by atoms with Gasteiger partial charge in [-0.1, -0.05) is 11.6 Å². The summed E-state index contributed by atoms with van der Waals surface area (Å²) in [5, 5.41) is -0.593. The number of hydrogen-bond acceptors (Lipinski definition) is 5. The molecule has 0 aliphatic carbocycles. The topological polar surface area (TPSA) is 68.7 Å². The van der Waals surface area contributed by atoms with Gasteiger partial charge in [-0.05, 0) is 29.8 Å². The fourth-order valence-corrected chi connectivity index (χ4v) is 4.13. The van der Waals surface area contributed by atoms with Crippen molar-refractivity contribution in [3.05, 3.63) is 46.6 Å². The van der Waals surface area contributed by atoms with Crippen molar-refractivity contribution in [1.29, 1.82) is 0 Å². The summed E-state index contributed by atoms with van der Waals surface area (Å²) in [6.07, 6.45) is -3.28. The van der Waals surface area contributed by atoms with Crippen molar-refractivity contribution in [2.24, 2.45) is 0 Å². The molecule has 0 radical (unpaired) electrons. The maximum Gasteiger partial charge on any atom is 0.417 e. The zero-order valence-corrected chi connectivity index (χ0v) is 16.8. The molecule has 0 atom stereocenters. The molecule has 0 fully saturated rings. The summed E-state index contributed by atoms with van der Waals surface area (Å²) in [6, 6.07) is 3.94. The van der Waals surface area contributed by atoms with Crippen LogP contribution in [0.25, 0.3) is 0 Å². The van der Waals surface area contributed by atoms with Crippen molar-refractivity contribution < 1.29 is 31.1 Å². The fraction of sp³-hybridized carbons (Fsp3) is 0.312. The number of nitrogens with zero attached hydrogens (tertiary/aromatic N) is 2. The van der Waals surface area contributed by atoms with Gasteiger partial charge in [0.25, 0.3) is 10.0 Å². The van der Waals surface area contributed by atoms with Crippen LogP contribution in [0.3, 0.4) is 0 Å². The van der Waals surface area contributed by atoms with Gasteiger partial charge >= 0.3 is 6.18 Å². The molecule has 0 aliphatic heterocycles. The molecule has 12 heteroatoms. The Morgan fingerprint density at radius 3 is 2.46 bits per heavy atom. The van der Waals surface area contributed by atoms with E-state index in [9.17, 15) is 21.6 Å². The normalized spacial score (nSPS) is 12.2. The first-order chi connectivity index (χ1) is 13.0. The van der Waals surface area contributed by atoms with Gasteiger partial charge in [0, 0.05) is 26.0 Å². The fourth-order valence-electron chi connectivity index (χ4n) is 2.46. The molecule has 0 unspecified atom stereocenters. The monoisotopic (exact) mass is 436 g/mol.